The number of aromatic nitrogens is 2. The molecule has 0 aliphatic heterocycles. The third kappa shape index (κ3) is 0.909. The Balaban J connectivity index is 2.75. The summed E-state index contributed by atoms with van der Waals surface area (Å²) in [5.74, 6) is 0. The summed E-state index contributed by atoms with van der Waals surface area (Å²) in [5, 5.41) is 2.48. The van der Waals surface area contributed by atoms with E-state index in [0.29, 0.717) is 0 Å². The summed E-state index contributed by atoms with van der Waals surface area (Å²) in [6, 6.07) is 12.5. The number of hydrogen-bond acceptors (Lipinski definition) is 0. The first-order valence-corrected chi connectivity index (χ1v) is 4.59. The molecule has 3 aromatic rings. The number of nitrogens with one attached hydrogen (secondary N) is 2. The van der Waals surface area contributed by atoms with E-state index in [2.05, 4.69) is 40.8 Å². The number of H-pyrrole nitrogens is 2. The second-order valence-corrected chi connectivity index (χ2v) is 3.44. The minimum Gasteiger partial charge on any atom is -0.342 e. The monoisotopic (exact) mass is 182 g/mol. The van der Waals surface area contributed by atoms with E-state index in [0.717, 1.165) is 16.5 Å². The van der Waals surface area contributed by atoms with E-state index in [4.69, 9.17) is 0 Å². The van der Waals surface area contributed by atoms with Crippen LogP contribution in [0.15, 0.2) is 36.4 Å². The van der Waals surface area contributed by atoms with Crippen molar-refractivity contribution in [3.63, 3.8) is 0 Å². The first-order valence-electron chi connectivity index (χ1n) is 4.59. The van der Waals surface area contributed by atoms with Crippen LogP contribution in [-0.4, -0.2) is 9.97 Å². The smallest absolute Gasteiger partial charge is 0.100 e. The maximum Gasteiger partial charge on any atom is 0.100 e. The minimum atomic E-state index is 0.830. The first-order chi connectivity index (χ1) is 6.84. The van der Waals surface area contributed by atoms with Gasteiger partial charge in [-0.15, -0.1) is 0 Å². The molecular formula is C12H10N2. The molecular weight excluding hydrogens is 172 g/mol. The summed E-state index contributed by atoms with van der Waals surface area (Å²) in [6.07, 6.45) is 0. The van der Waals surface area contributed by atoms with Crippen molar-refractivity contribution >= 4 is 28.4 Å². The number of benzene rings is 2. The Morgan fingerprint density at radius 3 is 2.00 bits per heavy atom. The first kappa shape index (κ1) is 7.44. The summed E-state index contributed by atoms with van der Waals surface area (Å²) in [4.78, 5) is 6.44. The molecule has 2 heteroatoms. The highest BCUT2D eigenvalue weighted by Gasteiger charge is 2.00. The van der Waals surface area contributed by atoms with Gasteiger partial charge in [0, 0.05) is 16.4 Å². The third-order valence-electron chi connectivity index (χ3n) is 2.48. The lowest BCUT2D eigenvalue weighted by Crippen LogP contribution is -2.09. The maximum absolute atomic E-state index is 3.88. The predicted octanol–water partition coefficient (Wildman–Crippen LogP) is 2.34. The van der Waals surface area contributed by atoms with Crippen molar-refractivity contribution in [1.29, 1.82) is 0 Å². The van der Waals surface area contributed by atoms with Gasteiger partial charge < -0.3 is 9.97 Å². The quantitative estimate of drug-likeness (QED) is 0.535. The fraction of sp³-hybridized carbons (Fsp3) is 0. The molecule has 0 radical (unpaired) electrons. The molecule has 0 saturated carbocycles. The largest absolute Gasteiger partial charge is 0.342 e. The molecule has 0 amide bonds. The minimum absolute atomic E-state index is 0.830. The summed E-state index contributed by atoms with van der Waals surface area (Å²) in [7, 11) is 0. The summed E-state index contributed by atoms with van der Waals surface area (Å²) in [6.45, 7) is 3.88. The van der Waals surface area contributed by atoms with Gasteiger partial charge in [0.1, 0.15) is 5.48 Å². The van der Waals surface area contributed by atoms with Crippen molar-refractivity contribution < 1.29 is 0 Å². The van der Waals surface area contributed by atoms with Gasteiger partial charge in [0.25, 0.3) is 0 Å². The zero-order chi connectivity index (χ0) is 9.54. The van der Waals surface area contributed by atoms with Crippen LogP contribution >= 0.6 is 0 Å². The van der Waals surface area contributed by atoms with Gasteiger partial charge in [-0.2, -0.15) is 0 Å². The van der Waals surface area contributed by atoms with Crippen molar-refractivity contribution in [2.75, 3.05) is 0 Å². The van der Waals surface area contributed by atoms with Crippen molar-refractivity contribution in [3.05, 3.63) is 41.9 Å². The zero-order valence-corrected chi connectivity index (χ0v) is 7.67. The van der Waals surface area contributed by atoms with Gasteiger partial charge in [0.15, 0.2) is 0 Å². The average Bonchev–Trinajstić information content (AvgIpc) is 2.18. The molecule has 1 heterocycles. The molecule has 0 aliphatic rings. The highest BCUT2D eigenvalue weighted by Crippen LogP contribution is 2.21. The highest BCUT2D eigenvalue weighted by molar-refractivity contribution is 6.06. The van der Waals surface area contributed by atoms with Crippen LogP contribution in [0.5, 0.6) is 0 Å². The van der Waals surface area contributed by atoms with Crippen LogP contribution in [0.3, 0.4) is 0 Å². The molecule has 68 valence electrons. The van der Waals surface area contributed by atoms with Gasteiger partial charge in [-0.1, -0.05) is 30.8 Å². The van der Waals surface area contributed by atoms with Crippen LogP contribution < -0.4 is 5.48 Å². The van der Waals surface area contributed by atoms with E-state index in [1.165, 1.54) is 10.8 Å². The summed E-state index contributed by atoms with van der Waals surface area (Å²) < 4.78 is 0. The molecule has 0 unspecified atom stereocenters. The van der Waals surface area contributed by atoms with Gasteiger partial charge in [-0.25, -0.2) is 0 Å². The SMILES string of the molecule is C=c1[nH]c2cccc3cccc([nH]1)c32. The van der Waals surface area contributed by atoms with E-state index in [9.17, 15) is 0 Å². The molecule has 1 aromatic heterocycles. The summed E-state index contributed by atoms with van der Waals surface area (Å²) in [5.41, 5.74) is 3.08. The zero-order valence-electron chi connectivity index (χ0n) is 7.67. The highest BCUT2D eigenvalue weighted by atomic mass is 14.8. The predicted molar refractivity (Wildman–Crippen MR) is 59.7 cm³/mol. The molecule has 2 N–H and O–H groups in total. The Morgan fingerprint density at radius 1 is 0.857 bits per heavy atom. The normalized spacial score (nSPS) is 11.1. The second-order valence-electron chi connectivity index (χ2n) is 3.44. The molecule has 0 spiro atoms. The van der Waals surface area contributed by atoms with Crippen LogP contribution in [0.4, 0.5) is 0 Å². The lowest BCUT2D eigenvalue weighted by Gasteiger charge is -2.05. The molecule has 2 aromatic carbocycles. The fourth-order valence-corrected chi connectivity index (χ4v) is 1.91. The average molecular weight is 182 g/mol. The van der Waals surface area contributed by atoms with E-state index in [1.807, 2.05) is 12.1 Å². The Kier molecular flexibility index (Phi) is 1.34. The topological polar surface area (TPSA) is 31.6 Å². The number of rotatable bonds is 0. The molecule has 14 heavy (non-hydrogen) atoms. The van der Waals surface area contributed by atoms with E-state index in [-0.39, 0.29) is 0 Å². The second kappa shape index (κ2) is 2.51. The van der Waals surface area contributed by atoms with Gasteiger partial charge in [0.2, 0.25) is 0 Å². The van der Waals surface area contributed by atoms with Crippen molar-refractivity contribution in [1.82, 2.24) is 9.97 Å². The van der Waals surface area contributed by atoms with Gasteiger partial charge >= 0.3 is 0 Å². The van der Waals surface area contributed by atoms with Crippen LogP contribution in [0.2, 0.25) is 0 Å². The van der Waals surface area contributed by atoms with Gasteiger partial charge in [-0.05, 0) is 17.5 Å². The van der Waals surface area contributed by atoms with Gasteiger partial charge in [0.05, 0.1) is 0 Å². The molecule has 3 rings (SSSR count). The number of hydrogen-bond donors (Lipinski definition) is 2. The lowest BCUT2D eigenvalue weighted by molar-refractivity contribution is 1.18. The Labute approximate surface area is 80.9 Å². The lowest BCUT2D eigenvalue weighted by atomic mass is 10.1. The Bertz CT molecular complexity index is 607. The Morgan fingerprint density at radius 2 is 1.43 bits per heavy atom. The van der Waals surface area contributed by atoms with E-state index >= 15 is 0 Å². The van der Waals surface area contributed by atoms with Crippen molar-refractivity contribution in [3.8, 4) is 0 Å². The molecule has 0 atom stereocenters. The van der Waals surface area contributed by atoms with Crippen LogP contribution in [0.1, 0.15) is 0 Å². The fourth-order valence-electron chi connectivity index (χ4n) is 1.91. The van der Waals surface area contributed by atoms with Gasteiger partial charge in [-0.3, -0.25) is 0 Å². The molecule has 0 aliphatic carbocycles. The molecule has 2 nitrogen and oxygen atoms in total. The van der Waals surface area contributed by atoms with E-state index < -0.39 is 0 Å². The number of aromatic amines is 2. The van der Waals surface area contributed by atoms with Crippen LogP contribution in [0, 0.1) is 0 Å². The molecule has 0 fully saturated rings. The maximum atomic E-state index is 3.88. The van der Waals surface area contributed by atoms with Crippen molar-refractivity contribution in [2.45, 2.75) is 0 Å². The van der Waals surface area contributed by atoms with Crippen molar-refractivity contribution in [2.24, 2.45) is 0 Å². The third-order valence-corrected chi connectivity index (χ3v) is 2.48. The Hall–Kier alpha value is -1.96. The van der Waals surface area contributed by atoms with Crippen LogP contribution in [-0.2, 0) is 0 Å². The molecule has 0 bridgehead atoms. The van der Waals surface area contributed by atoms with Crippen LogP contribution in [0.25, 0.3) is 28.4 Å². The molecule has 0 saturated heterocycles. The standard InChI is InChI=1S/C12H10N2/c1-8-13-10-6-2-4-9-5-3-7-11(14-8)12(9)10/h2-7,13-14H,1H2. The van der Waals surface area contributed by atoms with E-state index in [1.54, 1.807) is 0 Å². The summed E-state index contributed by atoms with van der Waals surface area (Å²) >= 11 is 0.